The maximum Gasteiger partial charge on any atom is 0.260 e. The molecule has 7 heteroatoms. The Kier molecular flexibility index (Phi) is 5.00. The van der Waals surface area contributed by atoms with Gasteiger partial charge in [-0.05, 0) is 47.7 Å². The van der Waals surface area contributed by atoms with Crippen LogP contribution in [-0.2, 0) is 4.79 Å². The van der Waals surface area contributed by atoms with Gasteiger partial charge in [-0.25, -0.2) is 4.39 Å². The Morgan fingerprint density at radius 1 is 1.18 bits per heavy atom. The van der Waals surface area contributed by atoms with Gasteiger partial charge in [0.15, 0.2) is 6.61 Å². The summed E-state index contributed by atoms with van der Waals surface area (Å²) in [6.07, 6.45) is 0.767. The summed E-state index contributed by atoms with van der Waals surface area (Å²) in [5, 5.41) is 1.03. The second-order valence-electron chi connectivity index (χ2n) is 6.77. The number of thiophene rings is 1. The van der Waals surface area contributed by atoms with E-state index in [-0.39, 0.29) is 24.2 Å². The van der Waals surface area contributed by atoms with Crippen LogP contribution in [0.3, 0.4) is 0 Å². The number of primary amides is 1. The van der Waals surface area contributed by atoms with Gasteiger partial charge in [0.2, 0.25) is 0 Å². The number of nitrogens with two attached hydrogens (primary N) is 1. The molecule has 1 unspecified atom stereocenters. The number of amides is 2. The van der Waals surface area contributed by atoms with Crippen molar-refractivity contribution in [1.29, 1.82) is 0 Å². The van der Waals surface area contributed by atoms with E-state index in [2.05, 4.69) is 0 Å². The monoisotopic (exact) mass is 398 g/mol. The molecular formula is C21H19FN2O3S. The highest BCUT2D eigenvalue weighted by molar-refractivity contribution is 7.21. The number of carbonyl (C=O) groups excluding carboxylic acids is 2. The van der Waals surface area contributed by atoms with Gasteiger partial charge in [-0.2, -0.15) is 0 Å². The van der Waals surface area contributed by atoms with Crippen molar-refractivity contribution >= 4 is 33.2 Å². The van der Waals surface area contributed by atoms with Crippen molar-refractivity contribution in [3.05, 3.63) is 64.8 Å². The molecule has 28 heavy (non-hydrogen) atoms. The van der Waals surface area contributed by atoms with Crippen LogP contribution in [0.4, 0.5) is 4.39 Å². The van der Waals surface area contributed by atoms with Gasteiger partial charge in [0, 0.05) is 23.7 Å². The first-order valence-electron chi connectivity index (χ1n) is 9.00. The smallest absolute Gasteiger partial charge is 0.260 e. The molecule has 2 amide bonds. The molecule has 2 heterocycles. The highest BCUT2D eigenvalue weighted by Gasteiger charge is 2.32. The van der Waals surface area contributed by atoms with Crippen LogP contribution in [-0.4, -0.2) is 36.4 Å². The van der Waals surface area contributed by atoms with Crippen molar-refractivity contribution in [1.82, 2.24) is 4.90 Å². The average molecular weight is 398 g/mol. The minimum atomic E-state index is -0.430. The molecule has 1 fully saturated rings. The number of halogens is 1. The lowest BCUT2D eigenvalue weighted by Crippen LogP contribution is -2.33. The fourth-order valence-corrected chi connectivity index (χ4v) is 4.78. The van der Waals surface area contributed by atoms with E-state index in [4.69, 9.17) is 10.5 Å². The molecular weight excluding hydrogens is 379 g/mol. The van der Waals surface area contributed by atoms with Crippen LogP contribution in [0.25, 0.3) is 10.1 Å². The summed E-state index contributed by atoms with van der Waals surface area (Å²) >= 11 is 1.40. The fraction of sp³-hybridized carbons (Fsp3) is 0.238. The third-order valence-corrected chi connectivity index (χ3v) is 6.18. The minimum absolute atomic E-state index is 0.0634. The first kappa shape index (κ1) is 18.4. The Labute approximate surface area is 165 Å². The second kappa shape index (κ2) is 7.59. The Bertz CT molecular complexity index is 1030. The number of rotatable bonds is 5. The number of nitrogens with zero attached hydrogens (tertiary/aromatic N) is 1. The van der Waals surface area contributed by atoms with E-state index in [1.807, 2.05) is 24.3 Å². The first-order chi connectivity index (χ1) is 13.5. The molecule has 5 nitrogen and oxygen atoms in total. The topological polar surface area (TPSA) is 72.6 Å². The molecule has 0 aliphatic carbocycles. The van der Waals surface area contributed by atoms with E-state index >= 15 is 0 Å². The number of carbonyl (C=O) groups is 2. The Morgan fingerprint density at radius 2 is 1.93 bits per heavy atom. The highest BCUT2D eigenvalue weighted by atomic mass is 32.1. The lowest BCUT2D eigenvalue weighted by molar-refractivity contribution is -0.132. The van der Waals surface area contributed by atoms with Crippen molar-refractivity contribution in [2.75, 3.05) is 19.7 Å². The Morgan fingerprint density at radius 3 is 2.68 bits per heavy atom. The molecule has 3 aromatic rings. The summed E-state index contributed by atoms with van der Waals surface area (Å²) in [5.41, 5.74) is 6.55. The SMILES string of the molecule is NC(=O)c1sc2ccccc2c1C1CCN(C(=O)COc2ccc(F)cc2)C1. The molecule has 0 saturated carbocycles. The minimum Gasteiger partial charge on any atom is -0.484 e. The average Bonchev–Trinajstić information content (AvgIpc) is 3.32. The van der Waals surface area contributed by atoms with Crippen LogP contribution in [0.2, 0.25) is 0 Å². The van der Waals surface area contributed by atoms with E-state index in [9.17, 15) is 14.0 Å². The predicted octanol–water partition coefficient (Wildman–Crippen LogP) is 3.53. The summed E-state index contributed by atoms with van der Waals surface area (Å²) in [6.45, 7) is 1.01. The zero-order valence-corrected chi connectivity index (χ0v) is 15.9. The van der Waals surface area contributed by atoms with Gasteiger partial charge in [-0.1, -0.05) is 18.2 Å². The van der Waals surface area contributed by atoms with E-state index in [0.29, 0.717) is 23.7 Å². The van der Waals surface area contributed by atoms with E-state index in [1.165, 1.54) is 35.6 Å². The molecule has 1 aromatic heterocycles. The number of hydrogen-bond acceptors (Lipinski definition) is 4. The fourth-order valence-electron chi connectivity index (χ4n) is 3.64. The van der Waals surface area contributed by atoms with Crippen molar-refractivity contribution < 1.29 is 18.7 Å². The van der Waals surface area contributed by atoms with Gasteiger partial charge in [0.25, 0.3) is 11.8 Å². The molecule has 0 spiro atoms. The number of ether oxygens (including phenoxy) is 1. The standard InChI is InChI=1S/C21H19FN2O3S/c22-14-5-7-15(8-6-14)27-12-18(25)24-10-9-13(11-24)19-16-3-1-2-4-17(16)28-20(19)21(23)26/h1-8,13H,9-12H2,(H2,23,26). The number of hydrogen-bond donors (Lipinski definition) is 1. The molecule has 2 N–H and O–H groups in total. The summed E-state index contributed by atoms with van der Waals surface area (Å²) in [7, 11) is 0. The quantitative estimate of drug-likeness (QED) is 0.715. The molecule has 4 rings (SSSR count). The van der Waals surface area contributed by atoms with Crippen molar-refractivity contribution in [3.63, 3.8) is 0 Å². The van der Waals surface area contributed by atoms with Crippen LogP contribution < -0.4 is 10.5 Å². The lowest BCUT2D eigenvalue weighted by Gasteiger charge is -2.17. The molecule has 1 atom stereocenters. The summed E-state index contributed by atoms with van der Waals surface area (Å²) in [5.74, 6) is -0.402. The van der Waals surface area contributed by atoms with Crippen LogP contribution in [0.15, 0.2) is 48.5 Å². The zero-order valence-electron chi connectivity index (χ0n) is 15.1. The van der Waals surface area contributed by atoms with E-state index in [1.54, 1.807) is 4.90 Å². The largest absolute Gasteiger partial charge is 0.484 e. The number of likely N-dealkylation sites (tertiary alicyclic amines) is 1. The number of fused-ring (bicyclic) bond motifs is 1. The first-order valence-corrected chi connectivity index (χ1v) is 9.82. The van der Waals surface area contributed by atoms with Gasteiger partial charge in [0.1, 0.15) is 11.6 Å². The van der Waals surface area contributed by atoms with Crippen LogP contribution in [0.1, 0.15) is 27.6 Å². The van der Waals surface area contributed by atoms with E-state index in [0.717, 1.165) is 22.1 Å². The predicted molar refractivity (Wildman–Crippen MR) is 106 cm³/mol. The van der Waals surface area contributed by atoms with Crippen LogP contribution >= 0.6 is 11.3 Å². The second-order valence-corrected chi connectivity index (χ2v) is 7.83. The van der Waals surface area contributed by atoms with Gasteiger partial charge >= 0.3 is 0 Å². The lowest BCUT2D eigenvalue weighted by atomic mass is 9.95. The third-order valence-electron chi connectivity index (χ3n) is 4.98. The molecule has 0 radical (unpaired) electrons. The molecule has 144 valence electrons. The van der Waals surface area contributed by atoms with Crippen molar-refractivity contribution in [2.45, 2.75) is 12.3 Å². The van der Waals surface area contributed by atoms with Gasteiger partial charge in [-0.15, -0.1) is 11.3 Å². The van der Waals surface area contributed by atoms with Gasteiger partial charge in [0.05, 0.1) is 4.88 Å². The Balaban J connectivity index is 1.47. The van der Waals surface area contributed by atoms with E-state index < -0.39 is 5.91 Å². The highest BCUT2D eigenvalue weighted by Crippen LogP contribution is 2.39. The summed E-state index contributed by atoms with van der Waals surface area (Å²) < 4.78 is 19.4. The maximum absolute atomic E-state index is 12.9. The molecule has 0 bridgehead atoms. The van der Waals surface area contributed by atoms with Crippen molar-refractivity contribution in [3.8, 4) is 5.75 Å². The number of benzene rings is 2. The zero-order chi connectivity index (χ0) is 19.7. The third kappa shape index (κ3) is 3.57. The normalized spacial score (nSPS) is 16.5. The molecule has 1 aliphatic rings. The van der Waals surface area contributed by atoms with Gasteiger partial charge < -0.3 is 15.4 Å². The summed E-state index contributed by atoms with van der Waals surface area (Å²) in [4.78, 5) is 26.8. The Hall–Kier alpha value is -2.93. The van der Waals surface area contributed by atoms with Gasteiger partial charge in [-0.3, -0.25) is 9.59 Å². The van der Waals surface area contributed by atoms with Crippen LogP contribution in [0.5, 0.6) is 5.75 Å². The van der Waals surface area contributed by atoms with Crippen LogP contribution in [0, 0.1) is 5.82 Å². The molecule has 1 saturated heterocycles. The molecule has 1 aliphatic heterocycles. The summed E-state index contributed by atoms with van der Waals surface area (Å²) in [6, 6.07) is 13.4. The molecule has 2 aromatic carbocycles. The maximum atomic E-state index is 12.9. The van der Waals surface area contributed by atoms with Crippen molar-refractivity contribution in [2.24, 2.45) is 5.73 Å².